The molecule has 96 valence electrons. The molecule has 0 atom stereocenters. The normalized spacial score (nSPS) is 10.4. The van der Waals surface area contributed by atoms with Gasteiger partial charge in [-0.1, -0.05) is 28.4 Å². The number of rotatable bonds is 4. The van der Waals surface area contributed by atoms with Crippen molar-refractivity contribution in [1.29, 1.82) is 0 Å². The third-order valence-electron chi connectivity index (χ3n) is 1.84. The Morgan fingerprint density at radius 1 is 1.28 bits per heavy atom. The molecule has 0 heterocycles. The molecular formula is C11H9Cl2NO4. The summed E-state index contributed by atoms with van der Waals surface area (Å²) in [5, 5.41) is 3.53. The first-order chi connectivity index (χ1) is 8.47. The largest absolute Gasteiger partial charge is 0.494 e. The molecule has 0 aromatic heterocycles. The molecule has 0 fully saturated rings. The highest BCUT2D eigenvalue weighted by atomic mass is 35.5. The number of Topliss-reactive ketones (excluding diaryl/α,β-unsaturated/α-hetero) is 1. The van der Waals surface area contributed by atoms with Crippen LogP contribution in [0.4, 0.5) is 0 Å². The molecule has 0 aliphatic heterocycles. The van der Waals surface area contributed by atoms with Gasteiger partial charge in [-0.05, 0) is 12.1 Å². The summed E-state index contributed by atoms with van der Waals surface area (Å²) >= 11 is 11.7. The highest BCUT2D eigenvalue weighted by Gasteiger charge is 2.21. The fourth-order valence-corrected chi connectivity index (χ4v) is 1.58. The SMILES string of the molecule is COc1c(Cl)ccc(Cl)c1C(=O)ON=CC(C)=O. The predicted molar refractivity (Wildman–Crippen MR) is 67.6 cm³/mol. The first-order valence-corrected chi connectivity index (χ1v) is 5.50. The average Bonchev–Trinajstić information content (AvgIpc) is 2.30. The number of benzene rings is 1. The smallest absolute Gasteiger partial charge is 0.371 e. The van der Waals surface area contributed by atoms with E-state index >= 15 is 0 Å². The van der Waals surface area contributed by atoms with Crippen LogP contribution in [0.3, 0.4) is 0 Å². The van der Waals surface area contributed by atoms with E-state index in [1.54, 1.807) is 0 Å². The van der Waals surface area contributed by atoms with Crippen molar-refractivity contribution >= 4 is 41.2 Å². The van der Waals surface area contributed by atoms with E-state index in [2.05, 4.69) is 9.99 Å². The third kappa shape index (κ3) is 3.45. The molecule has 0 aliphatic carbocycles. The summed E-state index contributed by atoms with van der Waals surface area (Å²) in [6, 6.07) is 2.91. The molecule has 1 aromatic rings. The number of carbonyl (C=O) groups is 2. The topological polar surface area (TPSA) is 65.0 Å². The van der Waals surface area contributed by atoms with Gasteiger partial charge in [-0.25, -0.2) is 4.79 Å². The third-order valence-corrected chi connectivity index (χ3v) is 2.45. The van der Waals surface area contributed by atoms with E-state index < -0.39 is 5.97 Å². The van der Waals surface area contributed by atoms with Crippen molar-refractivity contribution in [3.63, 3.8) is 0 Å². The van der Waals surface area contributed by atoms with Crippen LogP contribution in [-0.2, 0) is 9.63 Å². The molecule has 0 saturated carbocycles. The maximum absolute atomic E-state index is 11.7. The van der Waals surface area contributed by atoms with Crippen LogP contribution in [0.25, 0.3) is 0 Å². The summed E-state index contributed by atoms with van der Waals surface area (Å²) in [7, 11) is 1.34. The van der Waals surface area contributed by atoms with Gasteiger partial charge < -0.3 is 9.57 Å². The summed E-state index contributed by atoms with van der Waals surface area (Å²) in [6.07, 6.45) is 0.864. The highest BCUT2D eigenvalue weighted by molar-refractivity contribution is 6.37. The van der Waals surface area contributed by atoms with E-state index in [0.29, 0.717) is 0 Å². The van der Waals surface area contributed by atoms with Crippen LogP contribution in [0.2, 0.25) is 10.0 Å². The summed E-state index contributed by atoms with van der Waals surface area (Å²) in [5.74, 6) is -1.13. The Hall–Kier alpha value is -1.59. The van der Waals surface area contributed by atoms with E-state index in [1.807, 2.05) is 0 Å². The van der Waals surface area contributed by atoms with Crippen molar-refractivity contribution < 1.29 is 19.2 Å². The van der Waals surface area contributed by atoms with Gasteiger partial charge in [0.05, 0.1) is 17.2 Å². The second-order valence-electron chi connectivity index (χ2n) is 3.16. The standard InChI is InChI=1S/C11H9Cl2NO4/c1-6(15)5-14-18-11(16)9-7(12)3-4-8(13)10(9)17-2/h3-5H,1-2H3. The quantitative estimate of drug-likeness (QED) is 0.486. The summed E-state index contributed by atoms with van der Waals surface area (Å²) < 4.78 is 4.97. The summed E-state index contributed by atoms with van der Waals surface area (Å²) in [6.45, 7) is 1.27. The number of nitrogens with zero attached hydrogens (tertiary/aromatic N) is 1. The van der Waals surface area contributed by atoms with Gasteiger partial charge in [-0.3, -0.25) is 4.79 Å². The predicted octanol–water partition coefficient (Wildman–Crippen LogP) is 2.73. The van der Waals surface area contributed by atoms with Gasteiger partial charge in [0.15, 0.2) is 11.5 Å². The van der Waals surface area contributed by atoms with E-state index in [4.69, 9.17) is 27.9 Å². The molecular weight excluding hydrogens is 281 g/mol. The van der Waals surface area contributed by atoms with Crippen LogP contribution < -0.4 is 4.74 Å². The molecule has 18 heavy (non-hydrogen) atoms. The Kier molecular flexibility index (Phi) is 5.12. The minimum atomic E-state index is -0.864. The van der Waals surface area contributed by atoms with Crippen LogP contribution >= 0.6 is 23.2 Å². The molecule has 0 unspecified atom stereocenters. The van der Waals surface area contributed by atoms with Gasteiger partial charge in [0.2, 0.25) is 0 Å². The van der Waals surface area contributed by atoms with E-state index in [0.717, 1.165) is 6.21 Å². The number of oxime groups is 1. The molecule has 0 amide bonds. The molecule has 1 aromatic carbocycles. The number of methoxy groups -OCH3 is 1. The summed E-state index contributed by atoms with van der Waals surface area (Å²) in [5.41, 5.74) is -0.0487. The number of hydrogen-bond acceptors (Lipinski definition) is 5. The van der Waals surface area contributed by atoms with Crippen LogP contribution in [-0.4, -0.2) is 25.1 Å². The van der Waals surface area contributed by atoms with Gasteiger partial charge in [0.25, 0.3) is 0 Å². The Morgan fingerprint density at radius 3 is 2.44 bits per heavy atom. The maximum atomic E-state index is 11.7. The molecule has 0 spiro atoms. The molecule has 1 rings (SSSR count). The fourth-order valence-electron chi connectivity index (χ4n) is 1.12. The number of ether oxygens (including phenoxy) is 1. The monoisotopic (exact) mass is 289 g/mol. The van der Waals surface area contributed by atoms with Crippen LogP contribution in [0.15, 0.2) is 17.3 Å². The van der Waals surface area contributed by atoms with E-state index in [1.165, 1.54) is 26.2 Å². The lowest BCUT2D eigenvalue weighted by Gasteiger charge is -2.09. The lowest BCUT2D eigenvalue weighted by atomic mass is 10.2. The highest BCUT2D eigenvalue weighted by Crippen LogP contribution is 2.34. The van der Waals surface area contributed by atoms with Crippen molar-refractivity contribution in [1.82, 2.24) is 0 Å². The molecule has 0 N–H and O–H groups in total. The minimum absolute atomic E-state index is 0.0487. The second-order valence-corrected chi connectivity index (χ2v) is 3.98. The second kappa shape index (κ2) is 6.37. The summed E-state index contributed by atoms with van der Waals surface area (Å²) in [4.78, 5) is 26.8. The Labute approximate surface area is 113 Å². The van der Waals surface area contributed by atoms with Gasteiger partial charge in [-0.2, -0.15) is 0 Å². The van der Waals surface area contributed by atoms with Crippen molar-refractivity contribution in [2.45, 2.75) is 6.92 Å². The molecule has 0 saturated heterocycles. The molecule has 0 bridgehead atoms. The van der Waals surface area contributed by atoms with E-state index in [9.17, 15) is 9.59 Å². The number of ketones is 1. The Bertz CT molecular complexity index is 514. The zero-order chi connectivity index (χ0) is 13.7. The molecule has 7 heteroatoms. The number of carbonyl (C=O) groups excluding carboxylic acids is 2. The van der Waals surface area contributed by atoms with E-state index in [-0.39, 0.29) is 27.1 Å². The number of hydrogen-bond donors (Lipinski definition) is 0. The zero-order valence-electron chi connectivity index (χ0n) is 9.57. The Balaban J connectivity index is 3.05. The molecule has 0 aliphatic rings. The molecule has 5 nitrogen and oxygen atoms in total. The fraction of sp³-hybridized carbons (Fsp3) is 0.182. The minimum Gasteiger partial charge on any atom is -0.494 e. The lowest BCUT2D eigenvalue weighted by Crippen LogP contribution is -2.06. The Morgan fingerprint density at radius 2 is 1.89 bits per heavy atom. The van der Waals surface area contributed by atoms with Gasteiger partial charge in [0, 0.05) is 6.92 Å². The first kappa shape index (κ1) is 14.5. The average molecular weight is 290 g/mol. The van der Waals surface area contributed by atoms with Crippen molar-refractivity contribution in [3.05, 3.63) is 27.7 Å². The molecule has 0 radical (unpaired) electrons. The van der Waals surface area contributed by atoms with Gasteiger partial charge >= 0.3 is 5.97 Å². The maximum Gasteiger partial charge on any atom is 0.371 e. The van der Waals surface area contributed by atoms with Crippen LogP contribution in [0, 0.1) is 0 Å². The van der Waals surface area contributed by atoms with Crippen molar-refractivity contribution in [2.24, 2.45) is 5.16 Å². The lowest BCUT2D eigenvalue weighted by molar-refractivity contribution is -0.110. The first-order valence-electron chi connectivity index (χ1n) is 4.74. The van der Waals surface area contributed by atoms with Crippen LogP contribution in [0.1, 0.15) is 17.3 Å². The van der Waals surface area contributed by atoms with Gasteiger partial charge in [0.1, 0.15) is 11.8 Å². The van der Waals surface area contributed by atoms with Crippen molar-refractivity contribution in [3.8, 4) is 5.75 Å². The zero-order valence-corrected chi connectivity index (χ0v) is 11.1. The van der Waals surface area contributed by atoms with Gasteiger partial charge in [-0.15, -0.1) is 0 Å². The van der Waals surface area contributed by atoms with Crippen LogP contribution in [0.5, 0.6) is 5.75 Å². The van der Waals surface area contributed by atoms with Crippen molar-refractivity contribution in [2.75, 3.05) is 7.11 Å². The number of halogens is 2.